The highest BCUT2D eigenvalue weighted by Gasteiger charge is 2.27. The Labute approximate surface area is 174 Å². The maximum atomic E-state index is 13.0. The molecule has 1 aromatic rings. The number of hydrogen-bond donors (Lipinski definition) is 1. The van der Waals surface area contributed by atoms with E-state index >= 15 is 0 Å². The fourth-order valence-corrected chi connectivity index (χ4v) is 5.13. The molecule has 1 N–H and O–H groups in total. The monoisotopic (exact) mass is 445 g/mol. The second-order valence-electron chi connectivity index (χ2n) is 8.60. The van der Waals surface area contributed by atoms with Gasteiger partial charge in [-0.15, -0.1) is 0 Å². The zero-order chi connectivity index (χ0) is 22.0. The van der Waals surface area contributed by atoms with Gasteiger partial charge in [0.15, 0.2) is 0 Å². The Hall–Kier alpha value is -1.49. The zero-order valence-corrected chi connectivity index (χ0v) is 19.4. The topological polar surface area (TPSA) is 104 Å². The molecule has 8 nitrogen and oxygen atoms in total. The summed E-state index contributed by atoms with van der Waals surface area (Å²) in [6.07, 6.45) is 1.21. The van der Waals surface area contributed by atoms with Crippen molar-refractivity contribution in [2.45, 2.75) is 38.1 Å². The predicted octanol–water partition coefficient (Wildman–Crippen LogP) is 0.874. The Morgan fingerprint density at radius 2 is 1.66 bits per heavy atom. The number of sulfonamides is 1. The van der Waals surface area contributed by atoms with E-state index in [1.807, 2.05) is 4.90 Å². The molecule has 0 atom stereocenters. The molecular formula is C19H31N3O5S2. The lowest BCUT2D eigenvalue weighted by atomic mass is 10.1. The van der Waals surface area contributed by atoms with Crippen molar-refractivity contribution in [1.29, 1.82) is 0 Å². The molecule has 2 rings (SSSR count). The van der Waals surface area contributed by atoms with Gasteiger partial charge in [-0.1, -0.05) is 6.07 Å². The molecule has 0 spiro atoms. The standard InChI is InChI=1S/C19H31N3O5S2/c1-15-6-7-16(29(26,27)20-19(2,3)4)14-17(15)18(23)22-10-8-21(9-11-22)12-13-28(5,24)25/h6-7,14,20H,8-13H2,1-5H3. The first-order valence-electron chi connectivity index (χ1n) is 9.52. The van der Waals surface area contributed by atoms with Crippen molar-refractivity contribution < 1.29 is 21.6 Å². The number of hydrogen-bond acceptors (Lipinski definition) is 6. The third-order valence-corrected chi connectivity index (χ3v) is 7.31. The van der Waals surface area contributed by atoms with E-state index in [0.29, 0.717) is 43.9 Å². The van der Waals surface area contributed by atoms with E-state index in [9.17, 15) is 21.6 Å². The summed E-state index contributed by atoms with van der Waals surface area (Å²) in [5.74, 6) is -0.112. The lowest BCUT2D eigenvalue weighted by Gasteiger charge is -2.35. The largest absolute Gasteiger partial charge is 0.336 e. The van der Waals surface area contributed by atoms with Gasteiger partial charge in [0.1, 0.15) is 9.84 Å². The van der Waals surface area contributed by atoms with Gasteiger partial charge in [0.2, 0.25) is 10.0 Å². The molecule has 0 aromatic heterocycles. The highest BCUT2D eigenvalue weighted by atomic mass is 32.2. The lowest BCUT2D eigenvalue weighted by Crippen LogP contribution is -2.49. The van der Waals surface area contributed by atoms with Crippen LogP contribution in [0.15, 0.2) is 23.1 Å². The van der Waals surface area contributed by atoms with Crippen molar-refractivity contribution >= 4 is 25.8 Å². The van der Waals surface area contributed by atoms with Gasteiger partial charge in [-0.2, -0.15) is 0 Å². The van der Waals surface area contributed by atoms with E-state index in [1.165, 1.54) is 18.4 Å². The third-order valence-electron chi connectivity index (χ3n) is 4.63. The van der Waals surface area contributed by atoms with Gasteiger partial charge in [-0.3, -0.25) is 9.69 Å². The van der Waals surface area contributed by atoms with Crippen LogP contribution in [-0.4, -0.2) is 82.8 Å². The van der Waals surface area contributed by atoms with E-state index in [1.54, 1.807) is 38.7 Å². The molecule has 0 bridgehead atoms. The highest BCUT2D eigenvalue weighted by molar-refractivity contribution is 7.90. The summed E-state index contributed by atoms with van der Waals surface area (Å²) in [6, 6.07) is 4.58. The number of piperazine rings is 1. The van der Waals surface area contributed by atoms with E-state index in [2.05, 4.69) is 4.72 Å². The first-order chi connectivity index (χ1) is 13.2. The number of aryl methyl sites for hydroxylation is 1. The molecule has 0 saturated carbocycles. The summed E-state index contributed by atoms with van der Waals surface area (Å²) in [7, 11) is -6.76. The molecule has 0 unspecified atom stereocenters. The Bertz CT molecular complexity index is 958. The minimum Gasteiger partial charge on any atom is -0.336 e. The van der Waals surface area contributed by atoms with Crippen molar-refractivity contribution in [2.24, 2.45) is 0 Å². The SMILES string of the molecule is Cc1ccc(S(=O)(=O)NC(C)(C)C)cc1C(=O)N1CCN(CCS(C)(=O)=O)CC1. The van der Waals surface area contributed by atoms with Crippen molar-refractivity contribution in [3.8, 4) is 0 Å². The minimum atomic E-state index is -3.74. The Kier molecular flexibility index (Phi) is 7.14. The van der Waals surface area contributed by atoms with Gasteiger partial charge >= 0.3 is 0 Å². The number of nitrogens with zero attached hydrogens (tertiary/aromatic N) is 2. The van der Waals surface area contributed by atoms with E-state index < -0.39 is 25.4 Å². The lowest BCUT2D eigenvalue weighted by molar-refractivity contribution is 0.0643. The molecule has 1 fully saturated rings. The quantitative estimate of drug-likeness (QED) is 0.697. The normalized spacial score (nSPS) is 16.8. The molecule has 1 amide bonds. The molecule has 10 heteroatoms. The van der Waals surface area contributed by atoms with Gasteiger partial charge < -0.3 is 4.90 Å². The molecule has 1 saturated heterocycles. The van der Waals surface area contributed by atoms with Crippen LogP contribution in [0.5, 0.6) is 0 Å². The summed E-state index contributed by atoms with van der Waals surface area (Å²) in [6.45, 7) is 9.62. The number of carbonyl (C=O) groups excluding carboxylic acids is 1. The van der Waals surface area contributed by atoms with Crippen LogP contribution < -0.4 is 4.72 Å². The summed E-state index contributed by atoms with van der Waals surface area (Å²) < 4.78 is 50.5. The van der Waals surface area contributed by atoms with Crippen molar-refractivity contribution in [3.05, 3.63) is 29.3 Å². The van der Waals surface area contributed by atoms with Crippen molar-refractivity contribution in [2.75, 3.05) is 44.7 Å². The molecule has 164 valence electrons. The Morgan fingerprint density at radius 1 is 1.07 bits per heavy atom. The van der Waals surface area contributed by atoms with Gasteiger partial charge in [0.05, 0.1) is 10.6 Å². The fraction of sp³-hybridized carbons (Fsp3) is 0.632. The number of nitrogens with one attached hydrogen (secondary N) is 1. The number of carbonyl (C=O) groups is 1. The molecule has 1 aliphatic heterocycles. The summed E-state index contributed by atoms with van der Waals surface area (Å²) in [5, 5.41) is 0. The molecule has 0 aliphatic carbocycles. The molecule has 0 radical (unpaired) electrons. The highest BCUT2D eigenvalue weighted by Crippen LogP contribution is 2.20. The van der Waals surface area contributed by atoms with Crippen LogP contribution in [0, 0.1) is 6.92 Å². The number of rotatable bonds is 6. The van der Waals surface area contributed by atoms with Crippen LogP contribution in [0.1, 0.15) is 36.7 Å². The summed E-state index contributed by atoms with van der Waals surface area (Å²) >= 11 is 0. The summed E-state index contributed by atoms with van der Waals surface area (Å²) in [5.41, 5.74) is 0.450. The maximum absolute atomic E-state index is 13.0. The Morgan fingerprint density at radius 3 is 2.17 bits per heavy atom. The first-order valence-corrected chi connectivity index (χ1v) is 13.1. The molecule has 1 aromatic carbocycles. The average molecular weight is 446 g/mol. The van der Waals surface area contributed by atoms with Crippen LogP contribution >= 0.6 is 0 Å². The third kappa shape index (κ3) is 7.06. The van der Waals surface area contributed by atoms with Gasteiger partial charge in [0, 0.05) is 50.1 Å². The van der Waals surface area contributed by atoms with Gasteiger partial charge in [-0.05, 0) is 45.4 Å². The first kappa shape index (κ1) is 23.8. The molecule has 29 heavy (non-hydrogen) atoms. The van der Waals surface area contributed by atoms with E-state index in [4.69, 9.17) is 0 Å². The predicted molar refractivity (Wildman–Crippen MR) is 113 cm³/mol. The molecule has 1 aliphatic rings. The van der Waals surface area contributed by atoms with E-state index in [-0.39, 0.29) is 16.6 Å². The second kappa shape index (κ2) is 8.71. The zero-order valence-electron chi connectivity index (χ0n) is 17.7. The van der Waals surface area contributed by atoms with Crippen LogP contribution in [0.3, 0.4) is 0 Å². The summed E-state index contributed by atoms with van der Waals surface area (Å²) in [4.78, 5) is 16.8. The van der Waals surface area contributed by atoms with E-state index in [0.717, 1.165) is 0 Å². The van der Waals surface area contributed by atoms with Crippen LogP contribution in [0.4, 0.5) is 0 Å². The fourth-order valence-electron chi connectivity index (χ4n) is 3.10. The Balaban J connectivity index is 2.12. The molecular weight excluding hydrogens is 414 g/mol. The van der Waals surface area contributed by atoms with Crippen LogP contribution in [-0.2, 0) is 19.9 Å². The van der Waals surface area contributed by atoms with Gasteiger partial charge in [0.25, 0.3) is 5.91 Å². The minimum absolute atomic E-state index is 0.0631. The van der Waals surface area contributed by atoms with Crippen LogP contribution in [0.25, 0.3) is 0 Å². The molecule has 1 heterocycles. The maximum Gasteiger partial charge on any atom is 0.254 e. The number of benzene rings is 1. The smallest absolute Gasteiger partial charge is 0.254 e. The van der Waals surface area contributed by atoms with Crippen molar-refractivity contribution in [1.82, 2.24) is 14.5 Å². The van der Waals surface area contributed by atoms with Crippen molar-refractivity contribution in [3.63, 3.8) is 0 Å². The van der Waals surface area contributed by atoms with Gasteiger partial charge in [-0.25, -0.2) is 21.6 Å². The van der Waals surface area contributed by atoms with Crippen LogP contribution in [0.2, 0.25) is 0 Å². The average Bonchev–Trinajstić information content (AvgIpc) is 2.57. The number of amides is 1. The number of sulfone groups is 1. The second-order valence-corrected chi connectivity index (χ2v) is 12.5.